The molecule has 1 amide bonds. The molecule has 5 rings (SSSR count). The highest BCUT2D eigenvalue weighted by Crippen LogP contribution is 2.55. The van der Waals surface area contributed by atoms with Crippen LogP contribution in [0.1, 0.15) is 60.0 Å². The maximum atomic E-state index is 12.7. The number of carbonyl (C=O) groups excluding carboxylic acids is 1. The molecular formula is C19H25NO. The summed E-state index contributed by atoms with van der Waals surface area (Å²) in [6.07, 6.45) is 7.90. The van der Waals surface area contributed by atoms with E-state index in [9.17, 15) is 4.79 Å². The molecule has 0 aromatic heterocycles. The second-order valence-electron chi connectivity index (χ2n) is 7.95. The molecule has 21 heavy (non-hydrogen) atoms. The van der Waals surface area contributed by atoms with Gasteiger partial charge in [0, 0.05) is 11.1 Å². The molecule has 4 aliphatic carbocycles. The number of rotatable bonds is 2. The van der Waals surface area contributed by atoms with Crippen molar-refractivity contribution in [1.29, 1.82) is 0 Å². The van der Waals surface area contributed by atoms with Crippen LogP contribution in [0.15, 0.2) is 18.2 Å². The quantitative estimate of drug-likeness (QED) is 0.873. The molecule has 4 bridgehead atoms. The summed E-state index contributed by atoms with van der Waals surface area (Å²) in [7, 11) is 0. The van der Waals surface area contributed by atoms with Crippen molar-refractivity contribution >= 4 is 5.91 Å². The molecule has 112 valence electrons. The van der Waals surface area contributed by atoms with Crippen LogP contribution in [0.5, 0.6) is 0 Å². The van der Waals surface area contributed by atoms with Crippen molar-refractivity contribution in [3.05, 3.63) is 34.9 Å². The fraction of sp³-hybridized carbons (Fsp3) is 0.632. The van der Waals surface area contributed by atoms with Gasteiger partial charge in [-0.15, -0.1) is 0 Å². The van der Waals surface area contributed by atoms with Crippen LogP contribution in [0.4, 0.5) is 0 Å². The van der Waals surface area contributed by atoms with Gasteiger partial charge in [0.2, 0.25) is 0 Å². The highest BCUT2D eigenvalue weighted by atomic mass is 16.1. The Morgan fingerprint density at radius 3 is 2.10 bits per heavy atom. The van der Waals surface area contributed by atoms with Crippen molar-refractivity contribution in [2.24, 2.45) is 17.8 Å². The normalized spacial score (nSPS) is 36.8. The minimum atomic E-state index is 0.116. The van der Waals surface area contributed by atoms with E-state index in [4.69, 9.17) is 0 Å². The highest BCUT2D eigenvalue weighted by Gasteiger charge is 2.51. The van der Waals surface area contributed by atoms with Crippen LogP contribution in [-0.4, -0.2) is 11.4 Å². The third-order valence-electron chi connectivity index (χ3n) is 6.19. The third-order valence-corrected chi connectivity index (χ3v) is 6.19. The molecule has 0 heterocycles. The average Bonchev–Trinajstić information content (AvgIpc) is 2.39. The maximum Gasteiger partial charge on any atom is 0.251 e. The summed E-state index contributed by atoms with van der Waals surface area (Å²) in [4.78, 5) is 12.7. The third kappa shape index (κ3) is 2.29. The summed E-state index contributed by atoms with van der Waals surface area (Å²) in [5.74, 6) is 2.75. The lowest BCUT2D eigenvalue weighted by Crippen LogP contribution is -2.59. The average molecular weight is 283 g/mol. The van der Waals surface area contributed by atoms with Crippen LogP contribution < -0.4 is 5.32 Å². The van der Waals surface area contributed by atoms with Crippen LogP contribution in [0.3, 0.4) is 0 Å². The van der Waals surface area contributed by atoms with Gasteiger partial charge in [0.25, 0.3) is 5.91 Å². The molecule has 0 unspecified atom stereocenters. The van der Waals surface area contributed by atoms with Gasteiger partial charge in [-0.2, -0.15) is 0 Å². The Morgan fingerprint density at radius 1 is 1.00 bits per heavy atom. The van der Waals surface area contributed by atoms with E-state index in [0.29, 0.717) is 0 Å². The van der Waals surface area contributed by atoms with Gasteiger partial charge in [-0.3, -0.25) is 4.79 Å². The zero-order chi connectivity index (χ0) is 14.6. The van der Waals surface area contributed by atoms with E-state index in [-0.39, 0.29) is 11.4 Å². The lowest BCUT2D eigenvalue weighted by molar-refractivity contribution is -0.0167. The Kier molecular flexibility index (Phi) is 2.92. The largest absolute Gasteiger partial charge is 0.347 e. The SMILES string of the molecule is Cc1ccc(C(=O)NC23CC4CC(CC(C4)C2)C3)cc1C. The van der Waals surface area contributed by atoms with Gasteiger partial charge in [-0.1, -0.05) is 6.07 Å². The van der Waals surface area contributed by atoms with Crippen molar-refractivity contribution in [3.63, 3.8) is 0 Å². The molecule has 0 saturated heterocycles. The second kappa shape index (κ2) is 4.59. The van der Waals surface area contributed by atoms with Gasteiger partial charge in [0.15, 0.2) is 0 Å². The molecular weight excluding hydrogens is 258 g/mol. The second-order valence-corrected chi connectivity index (χ2v) is 7.95. The molecule has 0 radical (unpaired) electrons. The van der Waals surface area contributed by atoms with Crippen molar-refractivity contribution in [2.45, 2.75) is 57.9 Å². The molecule has 0 atom stereocenters. The first-order chi connectivity index (χ1) is 10.0. The predicted molar refractivity (Wildman–Crippen MR) is 84.3 cm³/mol. The number of hydrogen-bond acceptors (Lipinski definition) is 1. The van der Waals surface area contributed by atoms with Crippen LogP contribution in [0.2, 0.25) is 0 Å². The first-order valence-corrected chi connectivity index (χ1v) is 8.43. The van der Waals surface area contributed by atoms with Gasteiger partial charge in [-0.25, -0.2) is 0 Å². The van der Waals surface area contributed by atoms with E-state index in [1.54, 1.807) is 0 Å². The zero-order valence-corrected chi connectivity index (χ0v) is 13.1. The molecule has 1 aromatic carbocycles. The summed E-state index contributed by atoms with van der Waals surface area (Å²) in [6, 6.07) is 6.06. The maximum absolute atomic E-state index is 12.7. The predicted octanol–water partition coefficient (Wildman–Crippen LogP) is 4.00. The molecule has 0 aliphatic heterocycles. The van der Waals surface area contributed by atoms with E-state index in [1.165, 1.54) is 49.7 Å². The topological polar surface area (TPSA) is 29.1 Å². The van der Waals surface area contributed by atoms with Gasteiger partial charge in [-0.05, 0) is 93.4 Å². The zero-order valence-electron chi connectivity index (χ0n) is 13.1. The lowest BCUT2D eigenvalue weighted by atomic mass is 9.53. The number of nitrogens with one attached hydrogen (secondary N) is 1. The molecule has 1 N–H and O–H groups in total. The van der Waals surface area contributed by atoms with E-state index >= 15 is 0 Å². The number of aryl methyl sites for hydroxylation is 2. The van der Waals surface area contributed by atoms with Crippen LogP contribution >= 0.6 is 0 Å². The van der Waals surface area contributed by atoms with Crippen molar-refractivity contribution in [1.82, 2.24) is 5.32 Å². The van der Waals surface area contributed by atoms with Gasteiger partial charge in [0.05, 0.1) is 0 Å². The summed E-state index contributed by atoms with van der Waals surface area (Å²) < 4.78 is 0. The number of benzene rings is 1. The highest BCUT2D eigenvalue weighted by molar-refractivity contribution is 5.95. The Bertz CT molecular complexity index is 554. The Morgan fingerprint density at radius 2 is 1.57 bits per heavy atom. The van der Waals surface area contributed by atoms with E-state index in [2.05, 4.69) is 25.2 Å². The molecule has 4 fully saturated rings. The molecule has 2 nitrogen and oxygen atoms in total. The van der Waals surface area contributed by atoms with Crippen molar-refractivity contribution in [3.8, 4) is 0 Å². The van der Waals surface area contributed by atoms with Crippen molar-refractivity contribution < 1.29 is 4.79 Å². The van der Waals surface area contributed by atoms with Crippen LogP contribution in [0.25, 0.3) is 0 Å². The minimum Gasteiger partial charge on any atom is -0.347 e. The molecule has 4 saturated carbocycles. The molecule has 2 heteroatoms. The standard InChI is InChI=1S/C19H25NO/c1-12-3-4-17(5-13(12)2)18(21)20-19-9-14-6-15(10-19)8-16(7-14)11-19/h3-5,14-16H,6-11H2,1-2H3,(H,20,21). The fourth-order valence-electron chi connectivity index (χ4n) is 5.46. The Labute approximate surface area is 127 Å². The Balaban J connectivity index is 1.55. The first-order valence-electron chi connectivity index (χ1n) is 8.43. The van der Waals surface area contributed by atoms with E-state index in [0.717, 1.165) is 23.3 Å². The summed E-state index contributed by atoms with van der Waals surface area (Å²) in [5.41, 5.74) is 3.40. The summed E-state index contributed by atoms with van der Waals surface area (Å²) in [6.45, 7) is 4.17. The monoisotopic (exact) mass is 283 g/mol. The Hall–Kier alpha value is -1.31. The number of hydrogen-bond donors (Lipinski definition) is 1. The smallest absolute Gasteiger partial charge is 0.251 e. The number of carbonyl (C=O) groups is 1. The van der Waals surface area contributed by atoms with Crippen molar-refractivity contribution in [2.75, 3.05) is 0 Å². The van der Waals surface area contributed by atoms with E-state index in [1.807, 2.05) is 12.1 Å². The molecule has 1 aromatic rings. The summed E-state index contributed by atoms with van der Waals surface area (Å²) in [5, 5.41) is 3.45. The molecule has 0 spiro atoms. The first kappa shape index (κ1) is 13.4. The van der Waals surface area contributed by atoms with E-state index < -0.39 is 0 Å². The summed E-state index contributed by atoms with van der Waals surface area (Å²) >= 11 is 0. The number of amides is 1. The van der Waals surface area contributed by atoms with Crippen LogP contribution in [0, 0.1) is 31.6 Å². The fourth-order valence-corrected chi connectivity index (χ4v) is 5.46. The lowest BCUT2D eigenvalue weighted by Gasteiger charge is -2.56. The van der Waals surface area contributed by atoms with Gasteiger partial charge in [0.1, 0.15) is 0 Å². The van der Waals surface area contributed by atoms with Gasteiger partial charge < -0.3 is 5.32 Å². The van der Waals surface area contributed by atoms with Crippen LogP contribution in [-0.2, 0) is 0 Å². The minimum absolute atomic E-state index is 0.116. The molecule has 4 aliphatic rings. The van der Waals surface area contributed by atoms with Gasteiger partial charge >= 0.3 is 0 Å².